The molecule has 0 aliphatic rings. The van der Waals surface area contributed by atoms with Crippen molar-refractivity contribution >= 4 is 29.2 Å². The van der Waals surface area contributed by atoms with Gasteiger partial charge in [-0.1, -0.05) is 68.4 Å². The lowest BCUT2D eigenvalue weighted by atomic mass is 9.89. The van der Waals surface area contributed by atoms with Crippen LogP contribution in [0.25, 0.3) is 0 Å². The molecule has 0 bridgehead atoms. The van der Waals surface area contributed by atoms with Crippen LogP contribution >= 0.6 is 0 Å². The van der Waals surface area contributed by atoms with Crippen LogP contribution in [-0.2, 0) is 27.2 Å². The molecule has 0 aromatic heterocycles. The normalized spacial score (nSPS) is 12.7. The molecule has 0 heterocycles. The monoisotopic (exact) mass is 588 g/mol. The Morgan fingerprint density at radius 2 is 1.44 bits per heavy atom. The summed E-state index contributed by atoms with van der Waals surface area (Å²) in [6.07, 6.45) is 1.74. The second kappa shape index (κ2) is 15.7. The van der Waals surface area contributed by atoms with Crippen LogP contribution in [0.2, 0.25) is 0 Å². The number of benzene rings is 3. The van der Waals surface area contributed by atoms with Gasteiger partial charge in [0.2, 0.25) is 5.91 Å². The first-order valence-corrected chi connectivity index (χ1v) is 13.9. The highest BCUT2D eigenvalue weighted by Gasteiger charge is 2.27. The third kappa shape index (κ3) is 11.0. The van der Waals surface area contributed by atoms with Crippen molar-refractivity contribution in [2.75, 3.05) is 10.6 Å². The van der Waals surface area contributed by atoms with Crippen LogP contribution in [-0.4, -0.2) is 39.0 Å². The molecule has 43 heavy (non-hydrogen) atoms. The predicted molar refractivity (Wildman–Crippen MR) is 163 cm³/mol. The van der Waals surface area contributed by atoms with Crippen molar-refractivity contribution in [3.05, 3.63) is 118 Å². The molecule has 3 aromatic carbocycles. The van der Waals surface area contributed by atoms with Gasteiger partial charge in [0.15, 0.2) is 5.82 Å². The van der Waals surface area contributed by atoms with Gasteiger partial charge in [-0.3, -0.25) is 19.7 Å². The molecule has 2 unspecified atom stereocenters. The Morgan fingerprint density at radius 1 is 0.860 bits per heavy atom. The van der Waals surface area contributed by atoms with Crippen molar-refractivity contribution in [1.29, 1.82) is 0 Å². The number of anilines is 2. The molecule has 0 saturated heterocycles. The quantitative estimate of drug-likeness (QED) is 0.111. The van der Waals surface area contributed by atoms with E-state index in [-0.39, 0.29) is 24.6 Å². The van der Waals surface area contributed by atoms with Crippen molar-refractivity contribution in [3.63, 3.8) is 0 Å². The molecular weight excluding hydrogens is 552 g/mol. The molecule has 3 rings (SSSR count). The maximum absolute atomic E-state index is 13.4. The van der Waals surface area contributed by atoms with E-state index in [4.69, 9.17) is 5.11 Å². The van der Waals surface area contributed by atoms with E-state index in [0.717, 1.165) is 11.8 Å². The molecule has 0 saturated carbocycles. The van der Waals surface area contributed by atoms with E-state index in [2.05, 4.69) is 16.0 Å². The predicted octanol–water partition coefficient (Wildman–Crippen LogP) is 5.25. The zero-order valence-electron chi connectivity index (χ0n) is 24.0. The van der Waals surface area contributed by atoms with Crippen LogP contribution in [0.1, 0.15) is 49.3 Å². The SMILES string of the molecule is CC(C)CC(C(=O)NC(Cc1ccc(CCC(=O)O)cc1)C(=O)O)c1ccc(NC(=C[N+](=O)[O-])Nc2ccccc2)cc1. The van der Waals surface area contributed by atoms with Gasteiger partial charge in [0, 0.05) is 24.2 Å². The van der Waals surface area contributed by atoms with Gasteiger partial charge in [-0.15, -0.1) is 0 Å². The topological polar surface area (TPSA) is 171 Å². The second-order valence-corrected chi connectivity index (χ2v) is 10.6. The molecule has 226 valence electrons. The average molecular weight is 589 g/mol. The molecule has 0 aliphatic heterocycles. The molecule has 0 aliphatic carbocycles. The highest BCUT2D eigenvalue weighted by molar-refractivity contribution is 5.88. The molecule has 3 aromatic rings. The zero-order chi connectivity index (χ0) is 31.4. The fourth-order valence-corrected chi connectivity index (χ4v) is 4.50. The fraction of sp³-hybridized carbons (Fsp3) is 0.281. The van der Waals surface area contributed by atoms with Crippen LogP contribution in [0.15, 0.2) is 90.9 Å². The van der Waals surface area contributed by atoms with Gasteiger partial charge in [-0.2, -0.15) is 0 Å². The minimum absolute atomic E-state index is 0.00274. The summed E-state index contributed by atoms with van der Waals surface area (Å²) in [5.41, 5.74) is 3.42. The maximum atomic E-state index is 13.4. The first-order chi connectivity index (χ1) is 20.5. The summed E-state index contributed by atoms with van der Waals surface area (Å²) in [7, 11) is 0. The minimum atomic E-state index is -1.16. The van der Waals surface area contributed by atoms with Gasteiger partial charge in [0.1, 0.15) is 6.04 Å². The van der Waals surface area contributed by atoms with E-state index in [1.165, 1.54) is 0 Å². The summed E-state index contributed by atoms with van der Waals surface area (Å²) in [4.78, 5) is 46.9. The Balaban J connectivity index is 1.72. The number of para-hydroxylation sites is 1. The molecule has 0 spiro atoms. The van der Waals surface area contributed by atoms with E-state index in [1.807, 2.05) is 19.9 Å². The second-order valence-electron chi connectivity index (χ2n) is 10.6. The van der Waals surface area contributed by atoms with Gasteiger partial charge >= 0.3 is 11.9 Å². The van der Waals surface area contributed by atoms with Gasteiger partial charge < -0.3 is 26.2 Å². The summed E-state index contributed by atoms with van der Waals surface area (Å²) in [5.74, 6) is -2.80. The fourth-order valence-electron chi connectivity index (χ4n) is 4.50. The summed E-state index contributed by atoms with van der Waals surface area (Å²) < 4.78 is 0. The van der Waals surface area contributed by atoms with Crippen LogP contribution in [0.5, 0.6) is 0 Å². The third-order valence-corrected chi connectivity index (χ3v) is 6.61. The smallest absolute Gasteiger partial charge is 0.326 e. The summed E-state index contributed by atoms with van der Waals surface area (Å²) >= 11 is 0. The number of carbonyl (C=O) groups excluding carboxylic acids is 1. The molecule has 0 fully saturated rings. The largest absolute Gasteiger partial charge is 0.481 e. The van der Waals surface area contributed by atoms with Crippen LogP contribution in [0.4, 0.5) is 11.4 Å². The molecule has 11 heteroatoms. The molecule has 0 radical (unpaired) electrons. The number of nitrogens with one attached hydrogen (secondary N) is 3. The Bertz CT molecular complexity index is 1420. The molecule has 11 nitrogen and oxygen atoms in total. The minimum Gasteiger partial charge on any atom is -0.481 e. The lowest BCUT2D eigenvalue weighted by Gasteiger charge is -2.23. The Kier molecular flexibility index (Phi) is 11.8. The Hall–Kier alpha value is -5.19. The number of aliphatic carboxylic acids is 2. The number of nitrogens with zero attached hydrogens (tertiary/aromatic N) is 1. The summed E-state index contributed by atoms with van der Waals surface area (Å²) in [6, 6.07) is 21.7. The molecule has 5 N–H and O–H groups in total. The van der Waals surface area contributed by atoms with Crippen LogP contribution in [0.3, 0.4) is 0 Å². The summed E-state index contributed by atoms with van der Waals surface area (Å²) in [6.45, 7) is 3.95. The zero-order valence-corrected chi connectivity index (χ0v) is 24.0. The van der Waals surface area contributed by atoms with Crippen molar-refractivity contribution in [3.8, 4) is 0 Å². The van der Waals surface area contributed by atoms with E-state index < -0.39 is 34.7 Å². The first kappa shape index (κ1) is 32.3. The third-order valence-electron chi connectivity index (χ3n) is 6.61. The van der Waals surface area contributed by atoms with Gasteiger partial charge in [-0.25, -0.2) is 4.79 Å². The van der Waals surface area contributed by atoms with Crippen molar-refractivity contribution < 1.29 is 29.5 Å². The first-order valence-electron chi connectivity index (χ1n) is 13.9. The number of aryl methyl sites for hydroxylation is 1. The molecule has 1 amide bonds. The number of hydrogen-bond donors (Lipinski definition) is 5. The van der Waals surface area contributed by atoms with E-state index in [9.17, 15) is 29.6 Å². The van der Waals surface area contributed by atoms with Crippen LogP contribution in [0, 0.1) is 16.0 Å². The Morgan fingerprint density at radius 3 is 1.98 bits per heavy atom. The standard InChI is InChI=1S/C32H36N4O7/c1-21(2)18-27(31(39)35-28(32(40)41)19-23-10-8-22(9-11-23)12-17-30(37)38)24-13-15-26(16-14-24)34-29(20-36(42)43)33-25-6-4-3-5-7-25/h3-11,13-16,20-21,27-28,33-34H,12,17-19H2,1-2H3,(H,35,39)(H,37,38)(H,40,41). The van der Waals surface area contributed by atoms with E-state index in [1.54, 1.807) is 72.8 Å². The van der Waals surface area contributed by atoms with Gasteiger partial charge in [0.25, 0.3) is 6.20 Å². The van der Waals surface area contributed by atoms with Crippen molar-refractivity contribution in [2.45, 2.75) is 51.5 Å². The number of rotatable bonds is 16. The number of carbonyl (C=O) groups is 3. The number of carboxylic acids is 2. The number of hydrogen-bond acceptors (Lipinski definition) is 7. The molecule has 2 atom stereocenters. The highest BCUT2D eigenvalue weighted by Crippen LogP contribution is 2.26. The molecular formula is C32H36N4O7. The van der Waals surface area contributed by atoms with E-state index >= 15 is 0 Å². The van der Waals surface area contributed by atoms with Gasteiger partial charge in [0.05, 0.1) is 10.8 Å². The maximum Gasteiger partial charge on any atom is 0.326 e. The summed E-state index contributed by atoms with van der Waals surface area (Å²) in [5, 5.41) is 38.5. The van der Waals surface area contributed by atoms with Crippen molar-refractivity contribution in [2.24, 2.45) is 5.92 Å². The van der Waals surface area contributed by atoms with Gasteiger partial charge in [-0.05, 0) is 59.7 Å². The van der Waals surface area contributed by atoms with Crippen molar-refractivity contribution in [1.82, 2.24) is 5.32 Å². The number of carboxylic acid groups (broad SMARTS) is 2. The van der Waals surface area contributed by atoms with Crippen LogP contribution < -0.4 is 16.0 Å². The number of amides is 1. The van der Waals surface area contributed by atoms with E-state index in [0.29, 0.717) is 35.3 Å². The average Bonchev–Trinajstić information content (AvgIpc) is 2.95. The highest BCUT2D eigenvalue weighted by atomic mass is 16.6. The lowest BCUT2D eigenvalue weighted by molar-refractivity contribution is -0.403. The number of nitro groups is 1. The lowest BCUT2D eigenvalue weighted by Crippen LogP contribution is -2.44. The Labute approximate surface area is 249 Å².